The van der Waals surface area contributed by atoms with Crippen molar-refractivity contribution in [1.29, 1.82) is 0 Å². The van der Waals surface area contributed by atoms with Crippen molar-refractivity contribution in [3.63, 3.8) is 0 Å². The van der Waals surface area contributed by atoms with Crippen molar-refractivity contribution in [3.05, 3.63) is 42.5 Å². The molecule has 17 heavy (non-hydrogen) atoms. The average molecular weight is 229 g/mol. The minimum atomic E-state index is 0.708. The van der Waals surface area contributed by atoms with Gasteiger partial charge < -0.3 is 10.6 Å². The molecule has 2 aromatic heterocycles. The zero-order valence-corrected chi connectivity index (χ0v) is 9.72. The number of aromatic nitrogens is 3. The smallest absolute Gasteiger partial charge is 0.144 e. The number of hydrogen-bond donors (Lipinski definition) is 2. The van der Waals surface area contributed by atoms with Crippen LogP contribution in [0.15, 0.2) is 36.9 Å². The van der Waals surface area contributed by atoms with Crippen LogP contribution in [0, 0.1) is 0 Å². The first-order chi connectivity index (χ1) is 8.38. The molecule has 0 aliphatic rings. The Labute approximate surface area is 100 Å². The highest BCUT2D eigenvalue weighted by molar-refractivity contribution is 5.39. The van der Waals surface area contributed by atoms with E-state index in [1.807, 2.05) is 19.1 Å². The number of anilines is 2. The Hall–Kier alpha value is -2.17. The van der Waals surface area contributed by atoms with Gasteiger partial charge in [0.2, 0.25) is 0 Å². The van der Waals surface area contributed by atoms with E-state index in [1.54, 1.807) is 24.8 Å². The zero-order valence-electron chi connectivity index (χ0n) is 9.72. The number of hydrogen-bond acceptors (Lipinski definition) is 5. The maximum atomic E-state index is 4.22. The van der Waals surface area contributed by atoms with Crippen molar-refractivity contribution < 1.29 is 0 Å². The summed E-state index contributed by atoms with van der Waals surface area (Å²) < 4.78 is 0. The normalized spacial score (nSPS) is 9.94. The van der Waals surface area contributed by atoms with Crippen molar-refractivity contribution in [3.8, 4) is 0 Å². The number of nitrogens with zero attached hydrogens (tertiary/aromatic N) is 3. The van der Waals surface area contributed by atoms with E-state index >= 15 is 0 Å². The lowest BCUT2D eigenvalue weighted by atomic mass is 10.2. The van der Waals surface area contributed by atoms with Crippen LogP contribution < -0.4 is 10.6 Å². The quantitative estimate of drug-likeness (QED) is 0.820. The Bertz CT molecular complexity index is 457. The molecule has 0 aliphatic heterocycles. The molecule has 0 aromatic carbocycles. The average Bonchev–Trinajstić information content (AvgIpc) is 2.39. The van der Waals surface area contributed by atoms with Crippen molar-refractivity contribution in [2.24, 2.45) is 0 Å². The fourth-order valence-electron chi connectivity index (χ4n) is 1.45. The molecule has 2 rings (SSSR count). The number of nitrogens with one attached hydrogen (secondary N) is 2. The van der Waals surface area contributed by atoms with E-state index in [1.165, 1.54) is 0 Å². The molecule has 0 radical (unpaired) electrons. The number of rotatable bonds is 5. The lowest BCUT2D eigenvalue weighted by Crippen LogP contribution is -2.04. The van der Waals surface area contributed by atoms with Crippen molar-refractivity contribution in [1.82, 2.24) is 15.0 Å². The van der Waals surface area contributed by atoms with Gasteiger partial charge in [0.1, 0.15) is 11.6 Å². The van der Waals surface area contributed by atoms with E-state index in [0.29, 0.717) is 6.54 Å². The summed E-state index contributed by atoms with van der Waals surface area (Å²) in [6, 6.07) is 4.00. The molecule has 2 aromatic rings. The maximum absolute atomic E-state index is 4.22. The van der Waals surface area contributed by atoms with E-state index in [0.717, 1.165) is 23.7 Å². The van der Waals surface area contributed by atoms with Crippen LogP contribution in [-0.2, 0) is 6.54 Å². The SMILES string of the molecule is CCNc1cc(CNc2cnccn2)ccn1. The minimum Gasteiger partial charge on any atom is -0.370 e. The van der Waals surface area contributed by atoms with Gasteiger partial charge in [-0.1, -0.05) is 0 Å². The van der Waals surface area contributed by atoms with Gasteiger partial charge in [0, 0.05) is 31.7 Å². The molecule has 0 saturated carbocycles. The molecule has 0 fully saturated rings. The largest absolute Gasteiger partial charge is 0.370 e. The Kier molecular flexibility index (Phi) is 3.85. The second-order valence-corrected chi connectivity index (χ2v) is 3.52. The molecular formula is C12H15N5. The molecule has 0 atom stereocenters. The highest BCUT2D eigenvalue weighted by Gasteiger charge is 1.97. The lowest BCUT2D eigenvalue weighted by Gasteiger charge is -2.07. The summed E-state index contributed by atoms with van der Waals surface area (Å²) in [4.78, 5) is 12.4. The van der Waals surface area contributed by atoms with Crippen molar-refractivity contribution in [2.45, 2.75) is 13.5 Å². The van der Waals surface area contributed by atoms with E-state index in [9.17, 15) is 0 Å². The van der Waals surface area contributed by atoms with Gasteiger partial charge in [0.05, 0.1) is 6.20 Å². The zero-order chi connectivity index (χ0) is 11.9. The van der Waals surface area contributed by atoms with Crippen LogP contribution in [0.1, 0.15) is 12.5 Å². The van der Waals surface area contributed by atoms with E-state index in [-0.39, 0.29) is 0 Å². The molecule has 0 bridgehead atoms. The van der Waals surface area contributed by atoms with E-state index in [2.05, 4.69) is 25.6 Å². The molecule has 0 saturated heterocycles. The van der Waals surface area contributed by atoms with Gasteiger partial charge in [0.15, 0.2) is 0 Å². The van der Waals surface area contributed by atoms with Crippen LogP contribution in [0.5, 0.6) is 0 Å². The van der Waals surface area contributed by atoms with Gasteiger partial charge in [-0.05, 0) is 24.6 Å². The third kappa shape index (κ3) is 3.41. The number of pyridine rings is 1. The van der Waals surface area contributed by atoms with Gasteiger partial charge in [-0.3, -0.25) is 4.98 Å². The summed E-state index contributed by atoms with van der Waals surface area (Å²) >= 11 is 0. The van der Waals surface area contributed by atoms with Crippen LogP contribution in [-0.4, -0.2) is 21.5 Å². The maximum Gasteiger partial charge on any atom is 0.144 e. The van der Waals surface area contributed by atoms with Gasteiger partial charge in [-0.25, -0.2) is 9.97 Å². The first-order valence-electron chi connectivity index (χ1n) is 5.57. The monoisotopic (exact) mass is 229 g/mol. The van der Waals surface area contributed by atoms with Crippen LogP contribution in [0.2, 0.25) is 0 Å². The Morgan fingerprint density at radius 1 is 1.06 bits per heavy atom. The van der Waals surface area contributed by atoms with Crippen LogP contribution in [0.4, 0.5) is 11.6 Å². The molecular weight excluding hydrogens is 214 g/mol. The van der Waals surface area contributed by atoms with Crippen LogP contribution in [0.3, 0.4) is 0 Å². The summed E-state index contributed by atoms with van der Waals surface area (Å²) in [5.41, 5.74) is 1.15. The third-order valence-electron chi connectivity index (χ3n) is 2.22. The predicted molar refractivity (Wildman–Crippen MR) is 67.8 cm³/mol. The standard InChI is InChI=1S/C12H15N5/c1-2-14-11-7-10(3-4-15-11)8-17-12-9-13-5-6-16-12/h3-7,9H,2,8H2,1H3,(H,14,15)(H,16,17). The first kappa shape index (κ1) is 11.3. The Balaban J connectivity index is 1.97. The molecule has 0 amide bonds. The highest BCUT2D eigenvalue weighted by atomic mass is 15.0. The molecule has 0 unspecified atom stereocenters. The predicted octanol–water partition coefficient (Wildman–Crippen LogP) is 1.92. The first-order valence-corrected chi connectivity index (χ1v) is 5.57. The molecule has 2 heterocycles. The van der Waals surface area contributed by atoms with Crippen LogP contribution >= 0.6 is 0 Å². The van der Waals surface area contributed by atoms with Gasteiger partial charge in [0.25, 0.3) is 0 Å². The summed E-state index contributed by atoms with van der Waals surface area (Å²) in [5, 5.41) is 6.38. The van der Waals surface area contributed by atoms with Gasteiger partial charge in [-0.2, -0.15) is 0 Å². The topological polar surface area (TPSA) is 62.7 Å². The summed E-state index contributed by atoms with van der Waals surface area (Å²) in [6.45, 7) is 3.62. The molecule has 5 nitrogen and oxygen atoms in total. The van der Waals surface area contributed by atoms with E-state index in [4.69, 9.17) is 0 Å². The van der Waals surface area contributed by atoms with E-state index < -0.39 is 0 Å². The minimum absolute atomic E-state index is 0.708. The second-order valence-electron chi connectivity index (χ2n) is 3.52. The van der Waals surface area contributed by atoms with Crippen molar-refractivity contribution >= 4 is 11.6 Å². The fourth-order valence-corrected chi connectivity index (χ4v) is 1.45. The van der Waals surface area contributed by atoms with Crippen LogP contribution in [0.25, 0.3) is 0 Å². The summed E-state index contributed by atoms with van der Waals surface area (Å²) in [7, 11) is 0. The molecule has 0 aliphatic carbocycles. The van der Waals surface area contributed by atoms with Gasteiger partial charge >= 0.3 is 0 Å². The van der Waals surface area contributed by atoms with Gasteiger partial charge in [-0.15, -0.1) is 0 Å². The fraction of sp³-hybridized carbons (Fsp3) is 0.250. The third-order valence-corrected chi connectivity index (χ3v) is 2.22. The summed E-state index contributed by atoms with van der Waals surface area (Å²) in [6.07, 6.45) is 6.82. The Morgan fingerprint density at radius 2 is 1.94 bits per heavy atom. The van der Waals surface area contributed by atoms with Crippen molar-refractivity contribution in [2.75, 3.05) is 17.2 Å². The molecule has 0 spiro atoms. The molecule has 88 valence electrons. The second kappa shape index (κ2) is 5.79. The lowest BCUT2D eigenvalue weighted by molar-refractivity contribution is 1.07. The summed E-state index contributed by atoms with van der Waals surface area (Å²) in [5.74, 6) is 1.67. The molecule has 5 heteroatoms. The highest BCUT2D eigenvalue weighted by Crippen LogP contribution is 2.08. The Morgan fingerprint density at radius 3 is 2.71 bits per heavy atom. The molecule has 2 N–H and O–H groups in total.